The third kappa shape index (κ3) is 2.02. The topological polar surface area (TPSA) is 39.4 Å². The Kier molecular flexibility index (Phi) is 3.18. The van der Waals surface area contributed by atoms with Gasteiger partial charge in [0.25, 0.3) is 0 Å². The van der Waals surface area contributed by atoms with Crippen molar-refractivity contribution in [2.24, 2.45) is 0 Å². The summed E-state index contributed by atoms with van der Waals surface area (Å²) in [6.45, 7) is 12.2. The standard InChI is InChI=1S/C22H22O3/c1-11-7-16-15(5)20(24-18(16)9-13(11)3)22(6)17-8-12(2)14(4)10-19(17)25-21(22)23/h7-10H,1-6H3. The van der Waals surface area contributed by atoms with Gasteiger partial charge >= 0.3 is 5.97 Å². The molecule has 0 fully saturated rings. The van der Waals surface area contributed by atoms with Gasteiger partial charge in [0.15, 0.2) is 5.41 Å². The SMILES string of the molecule is Cc1cc2c(cc1C)C(C)(c1oc3cc(C)c(C)cc3c1C)C(=O)O2. The van der Waals surface area contributed by atoms with E-state index in [2.05, 4.69) is 32.9 Å². The van der Waals surface area contributed by atoms with Gasteiger partial charge in [-0.15, -0.1) is 0 Å². The summed E-state index contributed by atoms with van der Waals surface area (Å²) in [6, 6.07) is 8.18. The first-order chi connectivity index (χ1) is 11.7. The lowest BCUT2D eigenvalue weighted by atomic mass is 9.79. The molecule has 0 aliphatic carbocycles. The lowest BCUT2D eigenvalue weighted by Gasteiger charge is -2.19. The van der Waals surface area contributed by atoms with Crippen molar-refractivity contribution in [3.05, 3.63) is 63.4 Å². The average molecular weight is 334 g/mol. The minimum absolute atomic E-state index is 0.275. The van der Waals surface area contributed by atoms with Crippen LogP contribution in [0.25, 0.3) is 11.0 Å². The summed E-state index contributed by atoms with van der Waals surface area (Å²) in [5.41, 5.74) is 6.44. The van der Waals surface area contributed by atoms with E-state index in [9.17, 15) is 4.79 Å². The maximum atomic E-state index is 12.9. The second-order valence-corrected chi connectivity index (χ2v) is 7.44. The number of hydrogen-bond acceptors (Lipinski definition) is 3. The Balaban J connectivity index is 2.02. The van der Waals surface area contributed by atoms with Gasteiger partial charge in [0.05, 0.1) is 0 Å². The lowest BCUT2D eigenvalue weighted by molar-refractivity contribution is -0.136. The Hall–Kier alpha value is -2.55. The predicted molar refractivity (Wildman–Crippen MR) is 98.4 cm³/mol. The summed E-state index contributed by atoms with van der Waals surface area (Å²) in [5, 5.41) is 1.06. The predicted octanol–water partition coefficient (Wildman–Crippen LogP) is 5.20. The van der Waals surface area contributed by atoms with Crippen LogP contribution >= 0.6 is 0 Å². The van der Waals surface area contributed by atoms with Crippen molar-refractivity contribution in [2.45, 2.75) is 47.0 Å². The second kappa shape index (κ2) is 4.98. The molecular weight excluding hydrogens is 312 g/mol. The summed E-state index contributed by atoms with van der Waals surface area (Å²) in [4.78, 5) is 12.9. The van der Waals surface area contributed by atoms with E-state index in [1.54, 1.807) is 0 Å². The number of carbonyl (C=O) groups is 1. The van der Waals surface area contributed by atoms with Crippen molar-refractivity contribution in [2.75, 3.05) is 0 Å². The van der Waals surface area contributed by atoms with Gasteiger partial charge in [-0.1, -0.05) is 6.07 Å². The van der Waals surface area contributed by atoms with E-state index in [4.69, 9.17) is 9.15 Å². The highest BCUT2D eigenvalue weighted by atomic mass is 16.5. The molecule has 2 heterocycles. The number of esters is 1. The maximum absolute atomic E-state index is 12.9. The minimum atomic E-state index is -0.918. The molecule has 1 aliphatic rings. The number of rotatable bonds is 1. The van der Waals surface area contributed by atoms with Crippen molar-refractivity contribution in [1.29, 1.82) is 0 Å². The van der Waals surface area contributed by atoms with Gasteiger partial charge in [-0.05, 0) is 87.6 Å². The maximum Gasteiger partial charge on any atom is 0.329 e. The summed E-state index contributed by atoms with van der Waals surface area (Å²) in [6.07, 6.45) is 0. The second-order valence-electron chi connectivity index (χ2n) is 7.44. The Morgan fingerprint density at radius 1 is 0.840 bits per heavy atom. The zero-order valence-electron chi connectivity index (χ0n) is 15.5. The molecule has 1 atom stereocenters. The number of carbonyl (C=O) groups excluding carboxylic acids is 1. The van der Waals surface area contributed by atoms with Gasteiger partial charge in [0, 0.05) is 10.9 Å². The van der Waals surface area contributed by atoms with Crippen LogP contribution in [0.2, 0.25) is 0 Å². The molecule has 1 unspecified atom stereocenters. The van der Waals surface area contributed by atoms with Crippen molar-refractivity contribution in [3.8, 4) is 5.75 Å². The normalized spacial score (nSPS) is 19.4. The highest BCUT2D eigenvalue weighted by molar-refractivity contribution is 5.96. The number of ether oxygens (including phenoxy) is 1. The molecule has 4 rings (SSSR count). The van der Waals surface area contributed by atoms with Crippen LogP contribution in [0.1, 0.15) is 46.1 Å². The highest BCUT2D eigenvalue weighted by Crippen LogP contribution is 2.48. The van der Waals surface area contributed by atoms with Gasteiger partial charge in [-0.3, -0.25) is 4.79 Å². The molecule has 0 spiro atoms. The molecule has 25 heavy (non-hydrogen) atoms. The first-order valence-electron chi connectivity index (χ1n) is 8.58. The smallest absolute Gasteiger partial charge is 0.329 e. The van der Waals surface area contributed by atoms with Crippen LogP contribution in [0.15, 0.2) is 28.7 Å². The largest absolute Gasteiger partial charge is 0.459 e. The number of aryl methyl sites for hydroxylation is 5. The van der Waals surface area contributed by atoms with E-state index < -0.39 is 5.41 Å². The molecule has 3 aromatic rings. The monoisotopic (exact) mass is 334 g/mol. The molecule has 0 amide bonds. The van der Waals surface area contributed by atoms with Crippen LogP contribution in [0.3, 0.4) is 0 Å². The fraction of sp³-hybridized carbons (Fsp3) is 0.318. The van der Waals surface area contributed by atoms with Crippen molar-refractivity contribution < 1.29 is 13.9 Å². The Morgan fingerprint density at radius 3 is 2.16 bits per heavy atom. The van der Waals surface area contributed by atoms with E-state index >= 15 is 0 Å². The molecule has 0 radical (unpaired) electrons. The van der Waals surface area contributed by atoms with Crippen molar-refractivity contribution in [1.82, 2.24) is 0 Å². The number of benzene rings is 2. The molecule has 3 heteroatoms. The minimum Gasteiger partial charge on any atom is -0.459 e. The Morgan fingerprint density at radius 2 is 1.44 bits per heavy atom. The summed E-state index contributed by atoms with van der Waals surface area (Å²) in [5.74, 6) is 1.05. The van der Waals surface area contributed by atoms with Gasteiger partial charge in [-0.2, -0.15) is 0 Å². The van der Waals surface area contributed by atoms with Gasteiger partial charge < -0.3 is 9.15 Å². The summed E-state index contributed by atoms with van der Waals surface area (Å²) >= 11 is 0. The van der Waals surface area contributed by atoms with Crippen LogP contribution in [0, 0.1) is 34.6 Å². The van der Waals surface area contributed by atoms with Crippen LogP contribution in [-0.4, -0.2) is 5.97 Å². The number of furan rings is 1. The van der Waals surface area contributed by atoms with Crippen LogP contribution in [-0.2, 0) is 10.2 Å². The molecule has 2 aromatic carbocycles. The molecule has 128 valence electrons. The first-order valence-corrected chi connectivity index (χ1v) is 8.58. The third-order valence-corrected chi connectivity index (χ3v) is 5.75. The van der Waals surface area contributed by atoms with E-state index in [1.165, 1.54) is 11.1 Å². The molecular formula is C22H22O3. The first kappa shape index (κ1) is 15.9. The van der Waals surface area contributed by atoms with E-state index in [1.807, 2.05) is 32.9 Å². The molecule has 0 saturated heterocycles. The van der Waals surface area contributed by atoms with Crippen LogP contribution in [0.4, 0.5) is 0 Å². The Labute approximate surface area is 147 Å². The molecule has 0 N–H and O–H groups in total. The van der Waals surface area contributed by atoms with Crippen molar-refractivity contribution >= 4 is 16.9 Å². The summed E-state index contributed by atoms with van der Waals surface area (Å²) in [7, 11) is 0. The molecule has 3 nitrogen and oxygen atoms in total. The molecule has 0 saturated carbocycles. The quantitative estimate of drug-likeness (QED) is 0.453. The third-order valence-electron chi connectivity index (χ3n) is 5.75. The zero-order chi connectivity index (χ0) is 18.1. The zero-order valence-corrected chi connectivity index (χ0v) is 15.5. The van der Waals surface area contributed by atoms with Gasteiger partial charge in [-0.25, -0.2) is 0 Å². The van der Waals surface area contributed by atoms with Gasteiger partial charge in [0.1, 0.15) is 17.1 Å². The number of hydrogen-bond donors (Lipinski definition) is 0. The van der Waals surface area contributed by atoms with E-state index in [0.717, 1.165) is 33.2 Å². The van der Waals surface area contributed by atoms with E-state index in [-0.39, 0.29) is 5.97 Å². The molecule has 1 aromatic heterocycles. The molecule has 1 aliphatic heterocycles. The van der Waals surface area contributed by atoms with Crippen LogP contribution < -0.4 is 4.74 Å². The van der Waals surface area contributed by atoms with E-state index in [0.29, 0.717) is 11.5 Å². The fourth-order valence-corrected chi connectivity index (χ4v) is 3.74. The average Bonchev–Trinajstić information content (AvgIpc) is 2.98. The van der Waals surface area contributed by atoms with Crippen LogP contribution in [0.5, 0.6) is 5.75 Å². The Bertz CT molecular complexity index is 1060. The lowest BCUT2D eigenvalue weighted by Crippen LogP contribution is -2.31. The highest BCUT2D eigenvalue weighted by Gasteiger charge is 2.50. The number of fused-ring (bicyclic) bond motifs is 2. The summed E-state index contributed by atoms with van der Waals surface area (Å²) < 4.78 is 11.8. The fourth-order valence-electron chi connectivity index (χ4n) is 3.74. The molecule has 0 bridgehead atoms. The van der Waals surface area contributed by atoms with Crippen molar-refractivity contribution in [3.63, 3.8) is 0 Å². The van der Waals surface area contributed by atoms with Gasteiger partial charge in [0.2, 0.25) is 0 Å².